The number of urea groups is 1. The average molecular weight is 559 g/mol. The fourth-order valence-corrected chi connectivity index (χ4v) is 4.98. The van der Waals surface area contributed by atoms with Crippen molar-refractivity contribution < 1.29 is 4.79 Å². The molecular formula is C31H29Cl2N5O. The van der Waals surface area contributed by atoms with Crippen molar-refractivity contribution in [3.05, 3.63) is 96.6 Å². The number of carbonyl (C=O) groups excluding carboxylic acids is 1. The molecule has 8 heteroatoms. The predicted octanol–water partition coefficient (Wildman–Crippen LogP) is 8.37. The Labute approximate surface area is 237 Å². The van der Waals surface area contributed by atoms with Gasteiger partial charge < -0.3 is 20.9 Å². The minimum atomic E-state index is -0.318. The van der Waals surface area contributed by atoms with Gasteiger partial charge in [0.25, 0.3) is 0 Å². The summed E-state index contributed by atoms with van der Waals surface area (Å²) in [7, 11) is 0. The standard InChI is InChI=1S/C31H29Cl2N5O/c1-21-10-11-23(34-30-25-6-2-4-8-27(25)36-28-9-5-3-7-26(28)30)20-29(21)37-31(39)35-22-12-14-24(15-13-22)38(18-16-32)19-17-33/h2-15,20H,16-19H2,1H3,(H,34,36)(H2,35,37,39). The van der Waals surface area contributed by atoms with Gasteiger partial charge in [-0.05, 0) is 61.0 Å². The van der Waals surface area contributed by atoms with Crippen molar-refractivity contribution in [3.8, 4) is 0 Å². The Morgan fingerprint density at radius 2 is 1.36 bits per heavy atom. The third-order valence-corrected chi connectivity index (χ3v) is 6.88. The topological polar surface area (TPSA) is 69.3 Å². The first-order valence-corrected chi connectivity index (χ1v) is 13.8. The summed E-state index contributed by atoms with van der Waals surface area (Å²) in [6.07, 6.45) is 0. The molecule has 0 fully saturated rings. The van der Waals surface area contributed by atoms with Crippen LogP contribution in [0.3, 0.4) is 0 Å². The number of nitrogens with one attached hydrogen (secondary N) is 3. The van der Waals surface area contributed by atoms with Crippen molar-refractivity contribution in [2.45, 2.75) is 6.92 Å². The highest BCUT2D eigenvalue weighted by Gasteiger charge is 2.12. The molecule has 5 rings (SSSR count). The second-order valence-corrected chi connectivity index (χ2v) is 9.92. The number of pyridine rings is 1. The van der Waals surface area contributed by atoms with Crippen molar-refractivity contribution in [2.75, 3.05) is 45.7 Å². The number of hydrogen-bond donors (Lipinski definition) is 3. The Kier molecular flexibility index (Phi) is 8.35. The summed E-state index contributed by atoms with van der Waals surface area (Å²) in [4.78, 5) is 19.8. The fraction of sp³-hybridized carbons (Fsp3) is 0.161. The zero-order valence-electron chi connectivity index (χ0n) is 21.5. The molecule has 2 amide bonds. The highest BCUT2D eigenvalue weighted by atomic mass is 35.5. The first-order chi connectivity index (χ1) is 19.1. The Morgan fingerprint density at radius 3 is 1.97 bits per heavy atom. The van der Waals surface area contributed by atoms with E-state index in [2.05, 4.69) is 33.0 Å². The molecule has 0 aliphatic rings. The van der Waals surface area contributed by atoms with Crippen molar-refractivity contribution in [1.29, 1.82) is 0 Å². The molecular weight excluding hydrogens is 529 g/mol. The van der Waals surface area contributed by atoms with Gasteiger partial charge in [-0.2, -0.15) is 0 Å². The van der Waals surface area contributed by atoms with Crippen LogP contribution in [-0.2, 0) is 0 Å². The van der Waals surface area contributed by atoms with Gasteiger partial charge in [0, 0.05) is 58.4 Å². The molecule has 0 saturated carbocycles. The average Bonchev–Trinajstić information content (AvgIpc) is 2.95. The lowest BCUT2D eigenvalue weighted by atomic mass is 10.1. The van der Waals surface area contributed by atoms with Gasteiger partial charge in [-0.25, -0.2) is 9.78 Å². The van der Waals surface area contributed by atoms with E-state index in [1.807, 2.05) is 85.8 Å². The summed E-state index contributed by atoms with van der Waals surface area (Å²) in [6, 6.07) is 29.4. The Morgan fingerprint density at radius 1 is 0.769 bits per heavy atom. The Hall–Kier alpha value is -4.00. The molecule has 1 aromatic heterocycles. The number of aromatic nitrogens is 1. The molecule has 0 saturated heterocycles. The molecule has 0 unspecified atom stereocenters. The van der Waals surface area contributed by atoms with E-state index in [0.29, 0.717) is 36.2 Å². The number of hydrogen-bond acceptors (Lipinski definition) is 4. The monoisotopic (exact) mass is 557 g/mol. The fourth-order valence-electron chi connectivity index (χ4n) is 4.57. The van der Waals surface area contributed by atoms with E-state index in [1.165, 1.54) is 0 Å². The van der Waals surface area contributed by atoms with Gasteiger partial charge in [-0.3, -0.25) is 0 Å². The van der Waals surface area contributed by atoms with E-state index in [4.69, 9.17) is 28.2 Å². The number of carbonyl (C=O) groups is 1. The molecule has 5 aromatic rings. The maximum Gasteiger partial charge on any atom is 0.323 e. The Balaban J connectivity index is 1.34. The van der Waals surface area contributed by atoms with Gasteiger partial charge in [-0.15, -0.1) is 23.2 Å². The van der Waals surface area contributed by atoms with Gasteiger partial charge >= 0.3 is 6.03 Å². The van der Waals surface area contributed by atoms with Crippen LogP contribution in [0, 0.1) is 6.92 Å². The van der Waals surface area contributed by atoms with Crippen LogP contribution in [0.25, 0.3) is 21.8 Å². The van der Waals surface area contributed by atoms with Gasteiger partial charge in [0.2, 0.25) is 0 Å². The molecule has 0 atom stereocenters. The number of benzene rings is 4. The SMILES string of the molecule is Cc1ccc(Nc2c3ccccc3nc3ccccc23)cc1NC(=O)Nc1ccc(N(CCCl)CCCl)cc1. The number of nitrogens with zero attached hydrogens (tertiary/aromatic N) is 2. The van der Waals surface area contributed by atoms with Crippen LogP contribution >= 0.6 is 23.2 Å². The number of anilines is 5. The van der Waals surface area contributed by atoms with Crippen LogP contribution in [-0.4, -0.2) is 35.9 Å². The number of halogens is 2. The highest BCUT2D eigenvalue weighted by molar-refractivity contribution is 6.18. The van der Waals surface area contributed by atoms with Crippen LogP contribution in [0.5, 0.6) is 0 Å². The third-order valence-electron chi connectivity index (χ3n) is 6.54. The minimum absolute atomic E-state index is 0.318. The quantitative estimate of drug-likeness (QED) is 0.126. The van der Waals surface area contributed by atoms with Gasteiger partial charge in [0.05, 0.1) is 16.7 Å². The number of alkyl halides is 2. The summed E-state index contributed by atoms with van der Waals surface area (Å²) in [5, 5.41) is 11.5. The van der Waals surface area contributed by atoms with E-state index in [0.717, 1.165) is 44.4 Å². The van der Waals surface area contributed by atoms with E-state index in [9.17, 15) is 4.79 Å². The normalized spacial score (nSPS) is 10.9. The smallest absolute Gasteiger partial charge is 0.323 e. The van der Waals surface area contributed by atoms with E-state index in [1.54, 1.807) is 0 Å². The molecule has 0 aliphatic carbocycles. The Bertz CT molecular complexity index is 1550. The summed E-state index contributed by atoms with van der Waals surface area (Å²) in [6.45, 7) is 3.38. The summed E-state index contributed by atoms with van der Waals surface area (Å²) < 4.78 is 0. The van der Waals surface area contributed by atoms with Gasteiger partial charge in [0.1, 0.15) is 0 Å². The molecule has 0 radical (unpaired) electrons. The largest absolute Gasteiger partial charge is 0.369 e. The molecule has 39 heavy (non-hydrogen) atoms. The molecule has 3 N–H and O–H groups in total. The minimum Gasteiger partial charge on any atom is -0.369 e. The van der Waals surface area contributed by atoms with E-state index in [-0.39, 0.29) is 6.03 Å². The lowest BCUT2D eigenvalue weighted by Crippen LogP contribution is -2.27. The van der Waals surface area contributed by atoms with Crippen LogP contribution in [0.1, 0.15) is 5.56 Å². The zero-order chi connectivity index (χ0) is 27.2. The maximum absolute atomic E-state index is 12.9. The molecule has 4 aromatic carbocycles. The molecule has 1 heterocycles. The molecule has 0 aliphatic heterocycles. The van der Waals surface area contributed by atoms with Crippen LogP contribution in [0.4, 0.5) is 33.2 Å². The highest BCUT2D eigenvalue weighted by Crippen LogP contribution is 2.34. The predicted molar refractivity (Wildman–Crippen MR) is 166 cm³/mol. The van der Waals surface area contributed by atoms with E-state index >= 15 is 0 Å². The molecule has 0 spiro atoms. The van der Waals surface area contributed by atoms with E-state index < -0.39 is 0 Å². The first kappa shape index (κ1) is 26.6. The van der Waals surface area contributed by atoms with Crippen molar-refractivity contribution >= 4 is 79.5 Å². The molecule has 0 bridgehead atoms. The third kappa shape index (κ3) is 6.19. The van der Waals surface area contributed by atoms with Crippen molar-refractivity contribution in [3.63, 3.8) is 0 Å². The number of fused-ring (bicyclic) bond motifs is 2. The second kappa shape index (κ2) is 12.2. The summed E-state index contributed by atoms with van der Waals surface area (Å²) >= 11 is 11.8. The van der Waals surface area contributed by atoms with Crippen LogP contribution < -0.4 is 20.9 Å². The van der Waals surface area contributed by atoms with Crippen LogP contribution in [0.15, 0.2) is 91.0 Å². The van der Waals surface area contributed by atoms with Gasteiger partial charge in [0.15, 0.2) is 0 Å². The number of amides is 2. The lowest BCUT2D eigenvalue weighted by Gasteiger charge is -2.23. The van der Waals surface area contributed by atoms with Crippen LogP contribution in [0.2, 0.25) is 0 Å². The first-order valence-electron chi connectivity index (χ1n) is 12.8. The summed E-state index contributed by atoms with van der Waals surface area (Å²) in [5.41, 5.74) is 7.04. The number of rotatable bonds is 9. The zero-order valence-corrected chi connectivity index (χ0v) is 23.1. The molecule has 6 nitrogen and oxygen atoms in total. The number of para-hydroxylation sites is 2. The van der Waals surface area contributed by atoms with Crippen molar-refractivity contribution in [2.24, 2.45) is 0 Å². The van der Waals surface area contributed by atoms with Crippen molar-refractivity contribution in [1.82, 2.24) is 4.98 Å². The second-order valence-electron chi connectivity index (χ2n) is 9.17. The lowest BCUT2D eigenvalue weighted by molar-refractivity contribution is 0.262. The number of aryl methyl sites for hydroxylation is 1. The molecule has 198 valence electrons. The maximum atomic E-state index is 12.9. The van der Waals surface area contributed by atoms with Gasteiger partial charge in [-0.1, -0.05) is 42.5 Å². The summed E-state index contributed by atoms with van der Waals surface area (Å²) in [5.74, 6) is 1.03.